The van der Waals surface area contributed by atoms with Gasteiger partial charge in [-0.05, 0) is 58.1 Å². The van der Waals surface area contributed by atoms with Crippen LogP contribution in [0.5, 0.6) is 0 Å². The van der Waals surface area contributed by atoms with Crippen molar-refractivity contribution in [3.8, 4) is 0 Å². The zero-order chi connectivity index (χ0) is 24.3. The smallest absolute Gasteiger partial charge is 0.410 e. The summed E-state index contributed by atoms with van der Waals surface area (Å²) >= 11 is 0. The molecule has 0 spiro atoms. The molecular weight excluding hydrogens is 434 g/mol. The lowest BCUT2D eigenvalue weighted by Crippen LogP contribution is -2.51. The summed E-state index contributed by atoms with van der Waals surface area (Å²) in [5.41, 5.74) is 1.36. The van der Waals surface area contributed by atoms with Crippen LogP contribution in [0, 0.1) is 5.92 Å². The van der Waals surface area contributed by atoms with Crippen LogP contribution in [0.15, 0.2) is 18.3 Å². The molecule has 1 aromatic heterocycles. The van der Waals surface area contributed by atoms with E-state index in [0.717, 1.165) is 70.0 Å². The third kappa shape index (κ3) is 6.25. The lowest BCUT2D eigenvalue weighted by molar-refractivity contribution is -0.134. The Morgan fingerprint density at radius 3 is 2.35 bits per heavy atom. The number of imide groups is 1. The summed E-state index contributed by atoms with van der Waals surface area (Å²) in [6.07, 6.45) is 4.79. The van der Waals surface area contributed by atoms with Crippen LogP contribution < -0.4 is 10.2 Å². The summed E-state index contributed by atoms with van der Waals surface area (Å²) in [6, 6.07) is 3.97. The molecule has 4 heterocycles. The molecule has 9 heteroatoms. The number of carbonyl (C=O) groups excluding carboxylic acids is 3. The predicted molar refractivity (Wildman–Crippen MR) is 129 cm³/mol. The molecule has 9 nitrogen and oxygen atoms in total. The van der Waals surface area contributed by atoms with Crippen molar-refractivity contribution in [1.82, 2.24) is 20.1 Å². The zero-order valence-corrected chi connectivity index (χ0v) is 20.6. The molecule has 3 saturated heterocycles. The molecule has 3 aliphatic heterocycles. The number of aromatic nitrogens is 1. The number of carbonyl (C=O) groups is 3. The van der Waals surface area contributed by atoms with Gasteiger partial charge in [-0.2, -0.15) is 0 Å². The topological polar surface area (TPSA) is 95.1 Å². The van der Waals surface area contributed by atoms with Crippen LogP contribution >= 0.6 is 0 Å². The predicted octanol–water partition coefficient (Wildman–Crippen LogP) is 2.37. The number of pyridine rings is 1. The highest BCUT2D eigenvalue weighted by atomic mass is 16.6. The summed E-state index contributed by atoms with van der Waals surface area (Å²) < 4.78 is 5.49. The van der Waals surface area contributed by atoms with Gasteiger partial charge in [-0.3, -0.25) is 24.8 Å². The minimum Gasteiger partial charge on any atom is -0.444 e. The Labute approximate surface area is 201 Å². The van der Waals surface area contributed by atoms with Gasteiger partial charge in [0.25, 0.3) is 0 Å². The van der Waals surface area contributed by atoms with Crippen LogP contribution in [-0.4, -0.2) is 84.1 Å². The van der Waals surface area contributed by atoms with Crippen LogP contribution in [0.4, 0.5) is 10.5 Å². The molecule has 0 aromatic carbocycles. The number of piperazine rings is 1. The van der Waals surface area contributed by atoms with E-state index in [9.17, 15) is 14.4 Å². The number of rotatable bonds is 4. The molecule has 0 aliphatic carbocycles. The first-order valence-corrected chi connectivity index (χ1v) is 12.4. The summed E-state index contributed by atoms with van der Waals surface area (Å²) in [7, 11) is 0. The molecule has 1 N–H and O–H groups in total. The molecule has 0 radical (unpaired) electrons. The second kappa shape index (κ2) is 10.3. The number of amides is 3. The van der Waals surface area contributed by atoms with Crippen molar-refractivity contribution in [2.75, 3.05) is 50.7 Å². The molecule has 4 rings (SSSR count). The van der Waals surface area contributed by atoms with Gasteiger partial charge in [0.15, 0.2) is 0 Å². The maximum Gasteiger partial charge on any atom is 0.410 e. The van der Waals surface area contributed by atoms with Crippen molar-refractivity contribution in [3.63, 3.8) is 0 Å². The van der Waals surface area contributed by atoms with Crippen molar-refractivity contribution in [2.45, 2.75) is 58.0 Å². The fraction of sp³-hybridized carbons (Fsp3) is 0.680. The van der Waals surface area contributed by atoms with Crippen molar-refractivity contribution in [3.05, 3.63) is 24.0 Å². The van der Waals surface area contributed by atoms with E-state index < -0.39 is 5.60 Å². The average Bonchev–Trinajstić information content (AvgIpc) is 2.79. The second-order valence-electron chi connectivity index (χ2n) is 10.6. The lowest BCUT2D eigenvalue weighted by Gasteiger charge is -2.39. The number of nitrogens with one attached hydrogen (secondary N) is 1. The summed E-state index contributed by atoms with van der Waals surface area (Å²) in [5.74, 6) is -0.136. The first-order valence-electron chi connectivity index (χ1n) is 12.4. The highest BCUT2D eigenvalue weighted by molar-refractivity contribution is 6.00. The Morgan fingerprint density at radius 2 is 1.76 bits per heavy atom. The van der Waals surface area contributed by atoms with Gasteiger partial charge in [-0.25, -0.2) is 4.79 Å². The lowest BCUT2D eigenvalue weighted by atomic mass is 9.94. The first kappa shape index (κ1) is 24.4. The van der Waals surface area contributed by atoms with E-state index >= 15 is 0 Å². The Bertz CT molecular complexity index is 882. The standard InChI is InChI=1S/C25H37N5O4/c1-25(2,3)34-24(33)30-14-12-28(13-15-30)17-18-8-10-29(11-9-18)19-4-6-21(26-16-19)20-5-7-22(31)27-23(20)32/h4,6,16,18,20H,5,7-15,17H2,1-3H3,(H,27,31,32). The highest BCUT2D eigenvalue weighted by Gasteiger charge is 2.30. The van der Waals surface area contributed by atoms with Gasteiger partial charge in [-0.15, -0.1) is 0 Å². The number of anilines is 1. The van der Waals surface area contributed by atoms with Crippen molar-refractivity contribution < 1.29 is 19.1 Å². The molecule has 186 valence electrons. The van der Waals surface area contributed by atoms with E-state index in [0.29, 0.717) is 18.8 Å². The van der Waals surface area contributed by atoms with Gasteiger partial charge < -0.3 is 14.5 Å². The SMILES string of the molecule is CC(C)(C)OC(=O)N1CCN(CC2CCN(c3ccc(C4CCC(=O)NC4=O)nc3)CC2)CC1. The molecule has 34 heavy (non-hydrogen) atoms. The maximum absolute atomic E-state index is 12.3. The summed E-state index contributed by atoms with van der Waals surface area (Å²) in [6.45, 7) is 12.0. The van der Waals surface area contributed by atoms with Gasteiger partial charge in [0.1, 0.15) is 5.60 Å². The van der Waals surface area contributed by atoms with Crippen molar-refractivity contribution in [1.29, 1.82) is 0 Å². The molecule has 1 unspecified atom stereocenters. The number of ether oxygens (including phenoxy) is 1. The fourth-order valence-electron chi connectivity index (χ4n) is 4.94. The quantitative estimate of drug-likeness (QED) is 0.674. The van der Waals surface area contributed by atoms with Crippen LogP contribution in [0.25, 0.3) is 0 Å². The summed E-state index contributed by atoms with van der Waals surface area (Å²) in [5, 5.41) is 2.40. The molecule has 0 bridgehead atoms. The van der Waals surface area contributed by atoms with Gasteiger partial charge in [0.05, 0.1) is 23.5 Å². The van der Waals surface area contributed by atoms with Crippen LogP contribution in [0.3, 0.4) is 0 Å². The van der Waals surface area contributed by atoms with E-state index in [2.05, 4.69) is 20.1 Å². The van der Waals surface area contributed by atoms with E-state index in [1.54, 1.807) is 0 Å². The zero-order valence-electron chi connectivity index (χ0n) is 20.6. The third-order valence-electron chi connectivity index (χ3n) is 6.89. The van der Waals surface area contributed by atoms with E-state index in [4.69, 9.17) is 4.74 Å². The minimum absolute atomic E-state index is 0.203. The number of hydrogen-bond donors (Lipinski definition) is 1. The molecule has 0 saturated carbocycles. The van der Waals surface area contributed by atoms with E-state index in [-0.39, 0.29) is 23.8 Å². The molecule has 1 aromatic rings. The Balaban J connectivity index is 1.20. The minimum atomic E-state index is -0.455. The van der Waals surface area contributed by atoms with E-state index in [1.807, 2.05) is 44.0 Å². The molecule has 3 amide bonds. The largest absolute Gasteiger partial charge is 0.444 e. The van der Waals surface area contributed by atoms with Crippen molar-refractivity contribution in [2.24, 2.45) is 5.92 Å². The van der Waals surface area contributed by atoms with Gasteiger partial charge in [0.2, 0.25) is 11.8 Å². The molecule has 1 atom stereocenters. The molecule has 3 aliphatic rings. The Hall–Kier alpha value is -2.68. The van der Waals surface area contributed by atoms with Crippen molar-refractivity contribution >= 4 is 23.6 Å². The number of nitrogens with zero attached hydrogens (tertiary/aromatic N) is 4. The normalized spacial score (nSPS) is 23.1. The highest BCUT2D eigenvalue weighted by Crippen LogP contribution is 2.27. The van der Waals surface area contributed by atoms with Crippen LogP contribution in [0.2, 0.25) is 0 Å². The number of piperidine rings is 2. The van der Waals surface area contributed by atoms with E-state index in [1.165, 1.54) is 0 Å². The fourth-order valence-corrected chi connectivity index (χ4v) is 4.94. The van der Waals surface area contributed by atoms with Gasteiger partial charge in [-0.1, -0.05) is 0 Å². The monoisotopic (exact) mass is 471 g/mol. The summed E-state index contributed by atoms with van der Waals surface area (Å²) in [4.78, 5) is 46.9. The maximum atomic E-state index is 12.3. The Kier molecular flexibility index (Phi) is 7.40. The third-order valence-corrected chi connectivity index (χ3v) is 6.89. The molecular formula is C25H37N5O4. The number of hydrogen-bond acceptors (Lipinski definition) is 7. The molecule has 3 fully saturated rings. The van der Waals surface area contributed by atoms with Crippen LogP contribution in [-0.2, 0) is 14.3 Å². The van der Waals surface area contributed by atoms with Gasteiger partial charge in [0, 0.05) is 52.2 Å². The Morgan fingerprint density at radius 1 is 1.06 bits per heavy atom. The van der Waals surface area contributed by atoms with Gasteiger partial charge >= 0.3 is 6.09 Å². The second-order valence-corrected chi connectivity index (χ2v) is 10.6. The van der Waals surface area contributed by atoms with Crippen LogP contribution in [0.1, 0.15) is 58.1 Å². The average molecular weight is 472 g/mol. The first-order chi connectivity index (χ1) is 16.2.